The van der Waals surface area contributed by atoms with Crippen LogP contribution in [0.3, 0.4) is 0 Å². The van der Waals surface area contributed by atoms with E-state index in [1.54, 1.807) is 26.0 Å². The van der Waals surface area contributed by atoms with E-state index >= 15 is 0 Å². The van der Waals surface area contributed by atoms with E-state index in [2.05, 4.69) is 10.6 Å². The zero-order chi connectivity index (χ0) is 24.3. The van der Waals surface area contributed by atoms with Crippen LogP contribution in [-0.4, -0.2) is 24.4 Å². The van der Waals surface area contributed by atoms with Gasteiger partial charge in [-0.2, -0.15) is 0 Å². The molecule has 1 heterocycles. The molecule has 0 fully saturated rings. The second-order valence-electron chi connectivity index (χ2n) is 8.01. The van der Waals surface area contributed by atoms with Gasteiger partial charge in [-0.1, -0.05) is 23.8 Å². The number of anilines is 2. The summed E-state index contributed by atoms with van der Waals surface area (Å²) in [6, 6.07) is 11.2. The Bertz CT molecular complexity index is 1240. The number of benzene rings is 2. The summed E-state index contributed by atoms with van der Waals surface area (Å²) >= 11 is 1.06. The summed E-state index contributed by atoms with van der Waals surface area (Å²) in [5.74, 6) is -1.28. The zero-order valence-electron chi connectivity index (χ0n) is 19.7. The molecule has 0 saturated heterocycles. The number of amides is 2. The molecular formula is C26H28N2O4S. The SMILES string of the molecule is CCOC(=O)c1c(NC(=O)c2ccc(C)c(C)c2)sc(C(=O)Nc2ccc(C)cc2C)c1C. The van der Waals surface area contributed by atoms with Crippen LogP contribution in [0.5, 0.6) is 0 Å². The number of aryl methyl sites for hydroxylation is 4. The number of carbonyl (C=O) groups excluding carboxylic acids is 3. The Morgan fingerprint density at radius 1 is 0.848 bits per heavy atom. The quantitative estimate of drug-likeness (QED) is 0.440. The first-order valence-corrected chi connectivity index (χ1v) is 11.5. The lowest BCUT2D eigenvalue weighted by molar-refractivity contribution is 0.0527. The van der Waals surface area contributed by atoms with Crippen LogP contribution in [0, 0.1) is 34.6 Å². The van der Waals surface area contributed by atoms with Crippen molar-refractivity contribution in [3.63, 3.8) is 0 Å². The molecule has 6 nitrogen and oxygen atoms in total. The van der Waals surface area contributed by atoms with Crippen molar-refractivity contribution in [3.05, 3.63) is 80.2 Å². The topological polar surface area (TPSA) is 84.5 Å². The summed E-state index contributed by atoms with van der Waals surface area (Å²) in [5.41, 5.74) is 5.93. The Balaban J connectivity index is 1.96. The second-order valence-corrected chi connectivity index (χ2v) is 9.03. The molecule has 0 atom stereocenters. The van der Waals surface area contributed by atoms with E-state index in [0.717, 1.165) is 33.6 Å². The van der Waals surface area contributed by atoms with Gasteiger partial charge in [0.15, 0.2) is 0 Å². The minimum absolute atomic E-state index is 0.183. The van der Waals surface area contributed by atoms with Crippen LogP contribution in [0.1, 0.15) is 65.1 Å². The van der Waals surface area contributed by atoms with E-state index < -0.39 is 5.97 Å². The summed E-state index contributed by atoms with van der Waals surface area (Å²) in [5, 5.41) is 6.01. The van der Waals surface area contributed by atoms with Gasteiger partial charge < -0.3 is 15.4 Å². The maximum atomic E-state index is 13.1. The third-order valence-electron chi connectivity index (χ3n) is 5.46. The van der Waals surface area contributed by atoms with Gasteiger partial charge in [0.1, 0.15) is 5.00 Å². The Morgan fingerprint density at radius 2 is 1.58 bits per heavy atom. The van der Waals surface area contributed by atoms with E-state index in [9.17, 15) is 14.4 Å². The van der Waals surface area contributed by atoms with Crippen LogP contribution in [0.2, 0.25) is 0 Å². The number of rotatable bonds is 6. The zero-order valence-corrected chi connectivity index (χ0v) is 20.5. The Morgan fingerprint density at radius 3 is 2.21 bits per heavy atom. The number of esters is 1. The largest absolute Gasteiger partial charge is 0.462 e. The predicted octanol–water partition coefficient (Wildman–Crippen LogP) is 5.97. The maximum Gasteiger partial charge on any atom is 0.341 e. The van der Waals surface area contributed by atoms with Crippen molar-refractivity contribution in [1.29, 1.82) is 0 Å². The average molecular weight is 465 g/mol. The molecule has 172 valence electrons. The molecule has 0 saturated carbocycles. The van der Waals surface area contributed by atoms with Gasteiger partial charge in [-0.25, -0.2) is 4.79 Å². The molecule has 2 aromatic carbocycles. The van der Waals surface area contributed by atoms with Crippen LogP contribution < -0.4 is 10.6 Å². The van der Waals surface area contributed by atoms with E-state index in [0.29, 0.717) is 26.7 Å². The summed E-state index contributed by atoms with van der Waals surface area (Å²) in [7, 11) is 0. The lowest BCUT2D eigenvalue weighted by atomic mass is 10.1. The smallest absolute Gasteiger partial charge is 0.341 e. The van der Waals surface area contributed by atoms with Gasteiger partial charge in [-0.05, 0) is 82.0 Å². The third-order valence-corrected chi connectivity index (χ3v) is 6.66. The molecule has 1 aromatic heterocycles. The number of hydrogen-bond donors (Lipinski definition) is 2. The average Bonchev–Trinajstić information content (AvgIpc) is 3.08. The van der Waals surface area contributed by atoms with E-state index in [4.69, 9.17) is 4.74 Å². The second kappa shape index (κ2) is 10.0. The molecule has 0 radical (unpaired) electrons. The van der Waals surface area contributed by atoms with Crippen LogP contribution >= 0.6 is 11.3 Å². The van der Waals surface area contributed by atoms with Crippen molar-refractivity contribution in [1.82, 2.24) is 0 Å². The van der Waals surface area contributed by atoms with Gasteiger partial charge in [0, 0.05) is 11.3 Å². The molecular weight excluding hydrogens is 436 g/mol. The summed E-state index contributed by atoms with van der Waals surface area (Å²) < 4.78 is 5.20. The van der Waals surface area contributed by atoms with E-state index in [1.165, 1.54) is 0 Å². The fourth-order valence-corrected chi connectivity index (χ4v) is 4.54. The number of thiophene rings is 1. The van der Waals surface area contributed by atoms with Crippen molar-refractivity contribution in [3.8, 4) is 0 Å². The van der Waals surface area contributed by atoms with Crippen molar-refractivity contribution >= 4 is 39.8 Å². The molecule has 2 N–H and O–H groups in total. The van der Waals surface area contributed by atoms with Crippen LogP contribution in [-0.2, 0) is 4.74 Å². The maximum absolute atomic E-state index is 13.1. The molecule has 0 bridgehead atoms. The van der Waals surface area contributed by atoms with Crippen LogP contribution in [0.4, 0.5) is 10.7 Å². The molecule has 3 rings (SSSR count). The molecule has 33 heavy (non-hydrogen) atoms. The highest BCUT2D eigenvalue weighted by Crippen LogP contribution is 2.35. The predicted molar refractivity (Wildman–Crippen MR) is 133 cm³/mol. The van der Waals surface area contributed by atoms with Crippen molar-refractivity contribution in [2.75, 3.05) is 17.2 Å². The molecule has 0 spiro atoms. The highest BCUT2D eigenvalue weighted by Gasteiger charge is 2.27. The number of nitrogens with one attached hydrogen (secondary N) is 2. The molecule has 3 aromatic rings. The van der Waals surface area contributed by atoms with Gasteiger partial charge >= 0.3 is 5.97 Å². The lowest BCUT2D eigenvalue weighted by Crippen LogP contribution is -2.15. The first-order valence-electron chi connectivity index (χ1n) is 10.7. The molecule has 0 aliphatic carbocycles. The van der Waals surface area contributed by atoms with Crippen LogP contribution in [0.15, 0.2) is 36.4 Å². The van der Waals surface area contributed by atoms with Crippen molar-refractivity contribution in [2.24, 2.45) is 0 Å². The van der Waals surface area contributed by atoms with E-state index in [-0.39, 0.29) is 24.0 Å². The summed E-state index contributed by atoms with van der Waals surface area (Å²) in [4.78, 5) is 39.0. The molecule has 0 unspecified atom stereocenters. The first kappa shape index (κ1) is 24.2. The molecule has 0 aliphatic heterocycles. The minimum Gasteiger partial charge on any atom is -0.462 e. The van der Waals surface area contributed by atoms with Gasteiger partial charge in [-0.15, -0.1) is 11.3 Å². The van der Waals surface area contributed by atoms with Crippen LogP contribution in [0.25, 0.3) is 0 Å². The monoisotopic (exact) mass is 464 g/mol. The highest BCUT2D eigenvalue weighted by molar-refractivity contribution is 7.19. The van der Waals surface area contributed by atoms with Crippen molar-refractivity contribution in [2.45, 2.75) is 41.5 Å². The molecule has 2 amide bonds. The first-order chi connectivity index (χ1) is 15.6. The molecule has 0 aliphatic rings. The minimum atomic E-state index is -0.577. The van der Waals surface area contributed by atoms with Gasteiger partial charge in [-0.3, -0.25) is 9.59 Å². The fourth-order valence-electron chi connectivity index (χ4n) is 3.46. The molecule has 7 heteroatoms. The number of carbonyl (C=O) groups is 3. The normalized spacial score (nSPS) is 10.6. The third kappa shape index (κ3) is 5.31. The van der Waals surface area contributed by atoms with Crippen molar-refractivity contribution < 1.29 is 19.1 Å². The van der Waals surface area contributed by atoms with Gasteiger partial charge in [0.05, 0.1) is 17.0 Å². The highest BCUT2D eigenvalue weighted by atomic mass is 32.1. The number of hydrogen-bond acceptors (Lipinski definition) is 5. The van der Waals surface area contributed by atoms with Gasteiger partial charge in [0.2, 0.25) is 0 Å². The Labute approximate surface area is 198 Å². The number of ether oxygens (including phenoxy) is 1. The Kier molecular flexibility index (Phi) is 7.33. The lowest BCUT2D eigenvalue weighted by Gasteiger charge is -2.09. The Hall–Kier alpha value is -3.45. The van der Waals surface area contributed by atoms with E-state index in [1.807, 2.05) is 52.0 Å². The standard InChI is InChI=1S/C26H28N2O4S/c1-7-32-26(31)21-18(6)22(24(30)27-20-11-8-14(2)12-17(20)5)33-25(21)28-23(29)19-10-9-15(3)16(4)13-19/h8-13H,7H2,1-6H3,(H,27,30)(H,28,29). The van der Waals surface area contributed by atoms with Gasteiger partial charge in [0.25, 0.3) is 11.8 Å². The summed E-state index contributed by atoms with van der Waals surface area (Å²) in [6.45, 7) is 11.4. The summed E-state index contributed by atoms with van der Waals surface area (Å²) in [6.07, 6.45) is 0. The fraction of sp³-hybridized carbons (Fsp3) is 0.269.